The molecule has 3 aromatic heterocycles. The minimum atomic E-state index is -0.660. The Morgan fingerprint density at radius 3 is 2.44 bits per heavy atom. The lowest BCUT2D eigenvalue weighted by Crippen LogP contribution is -2.51. The lowest BCUT2D eigenvalue weighted by Gasteiger charge is -2.39. The van der Waals surface area contributed by atoms with Crippen molar-refractivity contribution in [2.75, 3.05) is 18.0 Å². The number of rotatable bonds is 5. The molecule has 1 N–H and O–H groups in total. The van der Waals surface area contributed by atoms with Crippen molar-refractivity contribution in [3.8, 4) is 22.5 Å². The van der Waals surface area contributed by atoms with E-state index in [0.717, 1.165) is 41.2 Å². The van der Waals surface area contributed by atoms with Gasteiger partial charge in [0.1, 0.15) is 17.5 Å². The van der Waals surface area contributed by atoms with Crippen LogP contribution in [0, 0.1) is 17.6 Å². The molecule has 1 aliphatic carbocycles. The molecule has 0 spiro atoms. The Kier molecular flexibility index (Phi) is 6.33. The number of aromatic nitrogens is 5. The molecule has 7 nitrogen and oxygen atoms in total. The van der Waals surface area contributed by atoms with E-state index in [1.54, 1.807) is 24.7 Å². The summed E-state index contributed by atoms with van der Waals surface area (Å²) < 4.78 is 29.2. The van der Waals surface area contributed by atoms with Gasteiger partial charge >= 0.3 is 0 Å². The van der Waals surface area contributed by atoms with E-state index in [1.165, 1.54) is 18.2 Å². The van der Waals surface area contributed by atoms with Crippen molar-refractivity contribution in [3.05, 3.63) is 83.6 Å². The van der Waals surface area contributed by atoms with E-state index in [2.05, 4.69) is 40.9 Å². The molecule has 1 aromatic carbocycles. The molecule has 0 saturated carbocycles. The van der Waals surface area contributed by atoms with E-state index < -0.39 is 17.0 Å². The maximum atomic E-state index is 14.6. The van der Waals surface area contributed by atoms with Crippen LogP contribution in [0.15, 0.2) is 55.0 Å². The minimum absolute atomic E-state index is 0.159. The molecule has 0 amide bonds. The maximum absolute atomic E-state index is 14.6. The van der Waals surface area contributed by atoms with E-state index in [1.807, 2.05) is 17.0 Å². The standard InChI is InChI=1S/C30H30F2N6O/c1-17(2)20-9-10-30(3,29-21(20)11-24(36-37-29)28-22(31)5-4-6-23(28)32)26-14-33-13-25(35-26)18-7-8-27(34-12-18)38-15-19(39)16-38/h4-8,11-14,17,19-20,39H,9-10,15-16H2,1-3H3/t20-,30-/m1/s1. The molecule has 0 radical (unpaired) electrons. The van der Waals surface area contributed by atoms with Crippen LogP contribution in [-0.2, 0) is 5.41 Å². The molecule has 4 heterocycles. The van der Waals surface area contributed by atoms with Gasteiger partial charge in [-0.3, -0.25) is 4.98 Å². The minimum Gasteiger partial charge on any atom is -0.389 e. The Bertz CT molecular complexity index is 1500. The number of aliphatic hydroxyl groups is 1. The third-order valence-electron chi connectivity index (χ3n) is 8.15. The summed E-state index contributed by atoms with van der Waals surface area (Å²) in [4.78, 5) is 16.1. The van der Waals surface area contributed by atoms with Gasteiger partial charge in [0.2, 0.25) is 0 Å². The van der Waals surface area contributed by atoms with Crippen molar-refractivity contribution in [1.82, 2.24) is 25.1 Å². The summed E-state index contributed by atoms with van der Waals surface area (Å²) >= 11 is 0. The van der Waals surface area contributed by atoms with E-state index in [4.69, 9.17) is 4.98 Å². The molecule has 6 rings (SSSR count). The van der Waals surface area contributed by atoms with Crippen molar-refractivity contribution < 1.29 is 13.9 Å². The molecule has 200 valence electrons. The quantitative estimate of drug-likeness (QED) is 0.376. The fraction of sp³-hybridized carbons (Fsp3) is 0.367. The SMILES string of the molecule is CC(C)[C@H]1CC[C@](C)(c2cncc(-c3ccc(N4CC(O)C4)nc3)n2)c2nnc(-c3c(F)cccc3F)cc21. The second-order valence-electron chi connectivity index (χ2n) is 11.1. The normalized spacial score (nSPS) is 21.1. The van der Waals surface area contributed by atoms with E-state index in [9.17, 15) is 13.9 Å². The third-order valence-corrected chi connectivity index (χ3v) is 8.15. The van der Waals surface area contributed by atoms with Crippen LogP contribution in [0.1, 0.15) is 56.5 Å². The first-order chi connectivity index (χ1) is 18.7. The smallest absolute Gasteiger partial charge is 0.135 e. The molecule has 39 heavy (non-hydrogen) atoms. The first-order valence-electron chi connectivity index (χ1n) is 13.3. The summed E-state index contributed by atoms with van der Waals surface area (Å²) in [6.45, 7) is 7.56. The number of hydrogen-bond donors (Lipinski definition) is 1. The summed E-state index contributed by atoms with van der Waals surface area (Å²) in [5, 5.41) is 18.5. The van der Waals surface area contributed by atoms with Crippen LogP contribution in [0.25, 0.3) is 22.5 Å². The van der Waals surface area contributed by atoms with Gasteiger partial charge in [-0.2, -0.15) is 5.10 Å². The molecule has 1 aliphatic heterocycles. The first-order valence-corrected chi connectivity index (χ1v) is 13.3. The second-order valence-corrected chi connectivity index (χ2v) is 11.1. The number of halogens is 2. The topological polar surface area (TPSA) is 87.9 Å². The average molecular weight is 529 g/mol. The van der Waals surface area contributed by atoms with E-state index in [0.29, 0.717) is 24.7 Å². The number of aliphatic hydroxyl groups excluding tert-OH is 1. The van der Waals surface area contributed by atoms with Gasteiger partial charge in [-0.05, 0) is 67.5 Å². The number of fused-ring (bicyclic) bond motifs is 1. The fourth-order valence-electron chi connectivity index (χ4n) is 5.78. The van der Waals surface area contributed by atoms with Crippen LogP contribution in [-0.4, -0.2) is 49.4 Å². The van der Waals surface area contributed by atoms with E-state index in [-0.39, 0.29) is 23.3 Å². The summed E-state index contributed by atoms with van der Waals surface area (Å²) in [7, 11) is 0. The summed E-state index contributed by atoms with van der Waals surface area (Å²) in [5.74, 6) is -0.0198. The van der Waals surface area contributed by atoms with Gasteiger partial charge in [0.25, 0.3) is 0 Å². The lowest BCUT2D eigenvalue weighted by atomic mass is 9.66. The largest absolute Gasteiger partial charge is 0.389 e. The highest BCUT2D eigenvalue weighted by Gasteiger charge is 2.42. The number of benzene rings is 1. The maximum Gasteiger partial charge on any atom is 0.135 e. The molecule has 1 saturated heterocycles. The third kappa shape index (κ3) is 4.44. The van der Waals surface area contributed by atoms with Crippen LogP contribution < -0.4 is 4.90 Å². The highest BCUT2D eigenvalue weighted by molar-refractivity contribution is 5.63. The van der Waals surface area contributed by atoms with Crippen molar-refractivity contribution in [2.24, 2.45) is 5.92 Å². The number of hydrogen-bond acceptors (Lipinski definition) is 7. The van der Waals surface area contributed by atoms with Crippen molar-refractivity contribution >= 4 is 5.82 Å². The Morgan fingerprint density at radius 2 is 1.77 bits per heavy atom. The molecule has 0 bridgehead atoms. The molecular weight excluding hydrogens is 498 g/mol. The first kappa shape index (κ1) is 25.4. The predicted molar refractivity (Wildman–Crippen MR) is 144 cm³/mol. The van der Waals surface area contributed by atoms with Gasteiger partial charge in [0.05, 0.1) is 46.1 Å². The molecule has 2 atom stereocenters. The van der Waals surface area contributed by atoms with Crippen molar-refractivity contribution in [2.45, 2.75) is 51.0 Å². The molecule has 2 aliphatic rings. The van der Waals surface area contributed by atoms with Crippen molar-refractivity contribution in [1.29, 1.82) is 0 Å². The zero-order valence-corrected chi connectivity index (χ0v) is 22.1. The summed E-state index contributed by atoms with van der Waals surface area (Å²) in [6, 6.07) is 9.51. The van der Waals surface area contributed by atoms with Crippen LogP contribution in [0.4, 0.5) is 14.6 Å². The van der Waals surface area contributed by atoms with Gasteiger partial charge in [-0.15, -0.1) is 5.10 Å². The van der Waals surface area contributed by atoms with Gasteiger partial charge in [-0.25, -0.2) is 18.7 Å². The molecular formula is C30H30F2N6O. The lowest BCUT2D eigenvalue weighted by molar-refractivity contribution is 0.141. The Morgan fingerprint density at radius 1 is 1.00 bits per heavy atom. The summed E-state index contributed by atoms with van der Waals surface area (Å²) in [6.07, 6.45) is 6.61. The Labute approximate surface area is 226 Å². The highest BCUT2D eigenvalue weighted by Crippen LogP contribution is 2.48. The van der Waals surface area contributed by atoms with Gasteiger partial charge in [0, 0.05) is 31.0 Å². The second kappa shape index (κ2) is 9.72. The molecule has 4 aromatic rings. The molecule has 1 fully saturated rings. The van der Waals surface area contributed by atoms with Crippen molar-refractivity contribution in [3.63, 3.8) is 0 Å². The van der Waals surface area contributed by atoms with Crippen LogP contribution in [0.5, 0.6) is 0 Å². The monoisotopic (exact) mass is 528 g/mol. The Balaban J connectivity index is 1.39. The zero-order valence-electron chi connectivity index (χ0n) is 22.1. The molecule has 9 heteroatoms. The van der Waals surface area contributed by atoms with Gasteiger partial charge in [0.15, 0.2) is 0 Å². The predicted octanol–water partition coefficient (Wildman–Crippen LogP) is 5.29. The van der Waals surface area contributed by atoms with E-state index >= 15 is 0 Å². The van der Waals surface area contributed by atoms with Crippen LogP contribution in [0.2, 0.25) is 0 Å². The molecule has 0 unspecified atom stereocenters. The number of β-amino-alcohol motifs (C(OH)–C–C–N with tert-alkyl or cyclic N) is 1. The highest BCUT2D eigenvalue weighted by atomic mass is 19.1. The number of pyridine rings is 1. The summed E-state index contributed by atoms with van der Waals surface area (Å²) in [5.41, 5.74) is 3.47. The van der Waals surface area contributed by atoms with Crippen LogP contribution >= 0.6 is 0 Å². The van der Waals surface area contributed by atoms with Crippen LogP contribution in [0.3, 0.4) is 0 Å². The average Bonchev–Trinajstić information content (AvgIpc) is 2.91. The zero-order chi connectivity index (χ0) is 27.3. The van der Waals surface area contributed by atoms with Gasteiger partial charge in [-0.1, -0.05) is 19.9 Å². The fourth-order valence-corrected chi connectivity index (χ4v) is 5.78. The number of anilines is 1. The van der Waals surface area contributed by atoms with Gasteiger partial charge < -0.3 is 10.0 Å². The number of nitrogens with zero attached hydrogens (tertiary/aromatic N) is 6. The Hall–Kier alpha value is -3.85.